The molecule has 0 saturated heterocycles. The molecule has 0 spiro atoms. The predicted octanol–water partition coefficient (Wildman–Crippen LogP) is 1.26. The van der Waals surface area contributed by atoms with E-state index in [1.165, 1.54) is 7.11 Å². The van der Waals surface area contributed by atoms with Crippen LogP contribution in [-0.4, -0.2) is 43.2 Å². The number of carbonyl (C=O) groups is 1. The van der Waals surface area contributed by atoms with Crippen LogP contribution in [0.4, 0.5) is 5.95 Å². The molecule has 6 nitrogen and oxygen atoms in total. The van der Waals surface area contributed by atoms with Crippen molar-refractivity contribution in [2.45, 2.75) is 19.8 Å². The lowest BCUT2D eigenvalue weighted by Crippen LogP contribution is -2.22. The predicted molar refractivity (Wildman–Crippen MR) is 67.7 cm³/mol. The van der Waals surface area contributed by atoms with Gasteiger partial charge in [-0.25, -0.2) is 4.98 Å². The van der Waals surface area contributed by atoms with Crippen LogP contribution in [0.3, 0.4) is 0 Å². The number of rotatable bonds is 7. The van der Waals surface area contributed by atoms with Gasteiger partial charge in [-0.15, -0.1) is 0 Å². The first-order chi connectivity index (χ1) is 8.67. The summed E-state index contributed by atoms with van der Waals surface area (Å²) in [6.07, 6.45) is 2.75. The number of anilines is 1. The Balaban J connectivity index is 2.47. The van der Waals surface area contributed by atoms with Crippen LogP contribution in [0.25, 0.3) is 0 Å². The van der Waals surface area contributed by atoms with Crippen molar-refractivity contribution in [3.05, 3.63) is 12.3 Å². The van der Waals surface area contributed by atoms with Gasteiger partial charge < -0.3 is 14.4 Å². The van der Waals surface area contributed by atoms with Gasteiger partial charge in [-0.3, -0.25) is 4.79 Å². The van der Waals surface area contributed by atoms with E-state index in [1.54, 1.807) is 12.3 Å². The molecule has 1 rings (SSSR count). The van der Waals surface area contributed by atoms with Crippen molar-refractivity contribution in [2.24, 2.45) is 0 Å². The molecular formula is C12H19N3O3. The Labute approximate surface area is 107 Å². The van der Waals surface area contributed by atoms with Gasteiger partial charge in [0.05, 0.1) is 13.7 Å². The third-order valence-electron chi connectivity index (χ3n) is 2.35. The fourth-order valence-corrected chi connectivity index (χ4v) is 1.41. The summed E-state index contributed by atoms with van der Waals surface area (Å²) < 4.78 is 9.88. The number of nitrogens with zero attached hydrogens (tertiary/aromatic N) is 3. The second-order valence-corrected chi connectivity index (χ2v) is 3.73. The van der Waals surface area contributed by atoms with Gasteiger partial charge in [0.1, 0.15) is 0 Å². The monoisotopic (exact) mass is 253 g/mol. The van der Waals surface area contributed by atoms with E-state index < -0.39 is 0 Å². The summed E-state index contributed by atoms with van der Waals surface area (Å²) in [6.45, 7) is 3.16. The number of ether oxygens (including phenoxy) is 2. The zero-order chi connectivity index (χ0) is 13.4. The Morgan fingerprint density at radius 2 is 2.28 bits per heavy atom. The Bertz CT molecular complexity index is 385. The van der Waals surface area contributed by atoms with Gasteiger partial charge >= 0.3 is 5.97 Å². The highest BCUT2D eigenvalue weighted by molar-refractivity contribution is 5.69. The lowest BCUT2D eigenvalue weighted by atomic mass is 10.3. The third kappa shape index (κ3) is 4.57. The average molecular weight is 253 g/mol. The summed E-state index contributed by atoms with van der Waals surface area (Å²) in [5.41, 5.74) is 0. The van der Waals surface area contributed by atoms with Crippen molar-refractivity contribution in [1.29, 1.82) is 0 Å². The maximum atomic E-state index is 11.0. The van der Waals surface area contributed by atoms with Crippen LogP contribution in [0.1, 0.15) is 19.8 Å². The highest BCUT2D eigenvalue weighted by Gasteiger charge is 2.07. The molecule has 0 atom stereocenters. The average Bonchev–Trinajstić information content (AvgIpc) is 2.39. The summed E-state index contributed by atoms with van der Waals surface area (Å²) in [4.78, 5) is 21.3. The number of hydrogen-bond donors (Lipinski definition) is 0. The van der Waals surface area contributed by atoms with Gasteiger partial charge in [0, 0.05) is 32.3 Å². The number of aromatic nitrogens is 2. The van der Waals surface area contributed by atoms with Gasteiger partial charge in [-0.2, -0.15) is 4.98 Å². The largest absolute Gasteiger partial charge is 0.478 e. The highest BCUT2D eigenvalue weighted by Crippen LogP contribution is 2.11. The summed E-state index contributed by atoms with van der Waals surface area (Å²) in [6, 6.07) is 1.72. The molecule has 0 fully saturated rings. The van der Waals surface area contributed by atoms with Gasteiger partial charge in [-0.1, -0.05) is 0 Å². The summed E-state index contributed by atoms with van der Waals surface area (Å²) in [5, 5.41) is 0. The maximum absolute atomic E-state index is 11.0. The molecule has 0 radical (unpaired) electrons. The Kier molecular flexibility index (Phi) is 5.90. The second-order valence-electron chi connectivity index (χ2n) is 3.73. The van der Waals surface area contributed by atoms with Crippen LogP contribution < -0.4 is 9.64 Å². The fourth-order valence-electron chi connectivity index (χ4n) is 1.41. The van der Waals surface area contributed by atoms with Gasteiger partial charge in [0.2, 0.25) is 11.8 Å². The van der Waals surface area contributed by atoms with Gasteiger partial charge in [-0.05, 0) is 13.3 Å². The molecule has 0 aromatic carbocycles. The SMILES string of the molecule is CCOc1ccnc(N(C)CCCC(=O)OC)n1. The molecule has 0 aliphatic carbocycles. The van der Waals surface area contributed by atoms with Crippen LogP contribution >= 0.6 is 0 Å². The molecular weight excluding hydrogens is 234 g/mol. The number of hydrogen-bond acceptors (Lipinski definition) is 6. The zero-order valence-electron chi connectivity index (χ0n) is 11.0. The standard InChI is InChI=1S/C12H19N3O3/c1-4-18-10-7-8-13-12(14-10)15(2)9-5-6-11(16)17-3/h7-8H,4-6,9H2,1-3H3. The molecule has 0 aliphatic rings. The maximum Gasteiger partial charge on any atom is 0.305 e. The lowest BCUT2D eigenvalue weighted by molar-refractivity contribution is -0.140. The lowest BCUT2D eigenvalue weighted by Gasteiger charge is -2.16. The van der Waals surface area contributed by atoms with Crippen LogP contribution in [0.15, 0.2) is 12.3 Å². The second kappa shape index (κ2) is 7.47. The zero-order valence-corrected chi connectivity index (χ0v) is 11.0. The molecule has 0 bridgehead atoms. The Morgan fingerprint density at radius 3 is 2.94 bits per heavy atom. The molecule has 1 heterocycles. The first kappa shape index (κ1) is 14.2. The van der Waals surface area contributed by atoms with Crippen LogP contribution in [0.5, 0.6) is 5.88 Å². The van der Waals surface area contributed by atoms with Crippen LogP contribution in [0, 0.1) is 0 Å². The van der Waals surface area contributed by atoms with E-state index in [0.29, 0.717) is 37.8 Å². The summed E-state index contributed by atoms with van der Waals surface area (Å²) in [5.74, 6) is 0.945. The summed E-state index contributed by atoms with van der Waals surface area (Å²) in [7, 11) is 3.27. The van der Waals surface area contributed by atoms with Crippen molar-refractivity contribution in [2.75, 3.05) is 32.2 Å². The highest BCUT2D eigenvalue weighted by atomic mass is 16.5. The molecule has 6 heteroatoms. The van der Waals surface area contributed by atoms with E-state index in [9.17, 15) is 4.79 Å². The molecule has 0 N–H and O–H groups in total. The third-order valence-corrected chi connectivity index (χ3v) is 2.35. The minimum absolute atomic E-state index is 0.201. The van der Waals surface area contributed by atoms with E-state index in [2.05, 4.69) is 14.7 Å². The van der Waals surface area contributed by atoms with Crippen LogP contribution in [0.2, 0.25) is 0 Å². The topological polar surface area (TPSA) is 64.5 Å². The van der Waals surface area contributed by atoms with E-state index in [1.807, 2.05) is 18.9 Å². The molecule has 100 valence electrons. The van der Waals surface area contributed by atoms with Crippen molar-refractivity contribution in [3.8, 4) is 5.88 Å². The molecule has 18 heavy (non-hydrogen) atoms. The normalized spacial score (nSPS) is 9.94. The van der Waals surface area contributed by atoms with E-state index in [-0.39, 0.29) is 5.97 Å². The fraction of sp³-hybridized carbons (Fsp3) is 0.583. The summed E-state index contributed by atoms with van der Waals surface area (Å²) >= 11 is 0. The minimum atomic E-state index is -0.201. The van der Waals surface area contributed by atoms with Crippen LogP contribution in [-0.2, 0) is 9.53 Å². The molecule has 1 aromatic heterocycles. The van der Waals surface area contributed by atoms with Crippen molar-refractivity contribution >= 4 is 11.9 Å². The molecule has 0 saturated carbocycles. The molecule has 0 aliphatic heterocycles. The van der Waals surface area contributed by atoms with E-state index in [4.69, 9.17) is 4.74 Å². The molecule has 1 aromatic rings. The number of methoxy groups -OCH3 is 1. The Hall–Kier alpha value is -1.85. The van der Waals surface area contributed by atoms with Gasteiger partial charge in [0.25, 0.3) is 0 Å². The number of esters is 1. The van der Waals surface area contributed by atoms with Crippen molar-refractivity contribution in [1.82, 2.24) is 9.97 Å². The first-order valence-electron chi connectivity index (χ1n) is 5.91. The smallest absolute Gasteiger partial charge is 0.305 e. The molecule has 0 unspecified atom stereocenters. The quantitative estimate of drug-likeness (QED) is 0.682. The van der Waals surface area contributed by atoms with Gasteiger partial charge in [0.15, 0.2) is 0 Å². The minimum Gasteiger partial charge on any atom is -0.478 e. The van der Waals surface area contributed by atoms with E-state index >= 15 is 0 Å². The number of carbonyl (C=O) groups excluding carboxylic acids is 1. The van der Waals surface area contributed by atoms with E-state index in [0.717, 1.165) is 0 Å². The first-order valence-corrected chi connectivity index (χ1v) is 5.91. The van der Waals surface area contributed by atoms with Crippen molar-refractivity contribution < 1.29 is 14.3 Å². The Morgan fingerprint density at radius 1 is 1.50 bits per heavy atom. The molecule has 0 amide bonds. The van der Waals surface area contributed by atoms with Crippen molar-refractivity contribution in [3.63, 3.8) is 0 Å².